The van der Waals surface area contributed by atoms with Gasteiger partial charge in [-0.2, -0.15) is 0 Å². The van der Waals surface area contributed by atoms with Crippen LogP contribution in [0.3, 0.4) is 0 Å². The monoisotopic (exact) mass is 853 g/mol. The number of hydrogen-bond donors (Lipinski definition) is 3. The van der Waals surface area contributed by atoms with E-state index in [1.54, 1.807) is 77.4 Å². The quantitative estimate of drug-likeness (QED) is 0.176. The third-order valence-electron chi connectivity index (χ3n) is 12.2. The van der Waals surface area contributed by atoms with E-state index in [0.717, 1.165) is 23.7 Å². The Morgan fingerprint density at radius 3 is 2.48 bits per heavy atom. The Labute approximate surface area is 356 Å². The first-order valence-corrected chi connectivity index (χ1v) is 20.8. The van der Waals surface area contributed by atoms with Crippen LogP contribution in [0.2, 0.25) is 0 Å². The fraction of sp³-hybridized carbons (Fsp3) is 0.614. The number of esters is 1. The molecular weight excluding hydrogens is 794 g/mol. The number of likely N-dealkylation sites (N-methyl/N-ethyl adjacent to an activating group) is 1. The maximum absolute atomic E-state index is 16.9. The van der Waals surface area contributed by atoms with Gasteiger partial charge in [-0.25, -0.2) is 18.8 Å². The van der Waals surface area contributed by atoms with Gasteiger partial charge < -0.3 is 44.3 Å². The fourth-order valence-electron chi connectivity index (χ4n) is 8.90. The number of alkyl carbamates (subject to hydrolysis) is 2. The zero-order chi connectivity index (χ0) is 45.0. The summed E-state index contributed by atoms with van der Waals surface area (Å²) in [6, 6.07) is 5.91. The van der Waals surface area contributed by atoms with Crippen molar-refractivity contribution in [3.05, 3.63) is 54.5 Å². The number of aromatic nitrogens is 2. The molecule has 334 valence electrons. The van der Waals surface area contributed by atoms with Gasteiger partial charge in [0.1, 0.15) is 29.7 Å². The molecular formula is C44H60FN5O11. The van der Waals surface area contributed by atoms with E-state index in [1.807, 2.05) is 24.3 Å². The number of carbonyl (C=O) groups is 5. The van der Waals surface area contributed by atoms with Crippen molar-refractivity contribution in [3.63, 3.8) is 0 Å². The number of rotatable bonds is 9. The number of cyclic esters (lactones) is 1. The van der Waals surface area contributed by atoms with Crippen molar-refractivity contribution < 1.29 is 57.2 Å². The van der Waals surface area contributed by atoms with Crippen molar-refractivity contribution in [1.82, 2.24) is 25.5 Å². The molecule has 2 aromatic rings. The summed E-state index contributed by atoms with van der Waals surface area (Å²) in [6.07, 6.45) is 0.727. The summed E-state index contributed by atoms with van der Waals surface area (Å²) in [7, 11) is 3.55. The molecule has 16 nitrogen and oxygen atoms in total. The standard InChI is InChI=1S/C44H60FN5O11/c1-11-32-44(8)35(49-41(56)61-44)26(4)33(51)24(2)21-42(6,60-40(55)48-18-14-15-28-20-29(23-46-22-28)30-16-12-13-17-47-30)37(27(5)36(53)43(7,45)39(54)58-32)59-38-34(52)31(50(9)10)19-25(3)57-38/h12-17,20,22-27,31-32,34-35,37-38,52H,11,18-19,21H2,1-10H3,(H,48,55)(H,49,56)/b15-14+/t24-,25-,26+,27+,31+,32-,34-,35-,37-,38+,42-,43+,44-/m1/s1. The lowest BCUT2D eigenvalue weighted by Crippen LogP contribution is -2.62. The number of aliphatic hydroxyl groups is 1. The molecule has 3 N–H and O–H groups in total. The molecule has 0 saturated carbocycles. The number of aliphatic hydroxyl groups excluding tert-OH is 1. The summed E-state index contributed by atoms with van der Waals surface area (Å²) in [5, 5.41) is 16.9. The largest absolute Gasteiger partial charge is 0.455 e. The number of halogens is 1. The van der Waals surface area contributed by atoms with E-state index >= 15 is 4.39 Å². The molecule has 3 aliphatic heterocycles. The number of nitrogens with one attached hydrogen (secondary N) is 2. The average molecular weight is 854 g/mol. The number of amides is 2. The van der Waals surface area contributed by atoms with E-state index in [2.05, 4.69) is 20.6 Å². The number of nitrogens with zero attached hydrogens (tertiary/aromatic N) is 3. The molecule has 2 amide bonds. The summed E-state index contributed by atoms with van der Waals surface area (Å²) in [4.78, 5) is 79.6. The Hall–Kier alpha value is -4.84. The molecule has 3 fully saturated rings. The van der Waals surface area contributed by atoms with Crippen molar-refractivity contribution in [2.75, 3.05) is 20.6 Å². The molecule has 0 spiro atoms. The lowest BCUT2D eigenvalue weighted by Gasteiger charge is -2.47. The highest BCUT2D eigenvalue weighted by molar-refractivity contribution is 6.08. The second-order valence-electron chi connectivity index (χ2n) is 17.3. The van der Waals surface area contributed by atoms with Gasteiger partial charge in [0, 0.05) is 54.5 Å². The summed E-state index contributed by atoms with van der Waals surface area (Å²) >= 11 is 0. The highest BCUT2D eigenvalue weighted by Gasteiger charge is 2.60. The third kappa shape index (κ3) is 10.3. The number of hydrogen-bond acceptors (Lipinski definition) is 14. The Morgan fingerprint density at radius 2 is 1.82 bits per heavy atom. The summed E-state index contributed by atoms with van der Waals surface area (Å²) in [5.74, 6) is -6.71. The second-order valence-corrected chi connectivity index (χ2v) is 17.3. The van der Waals surface area contributed by atoms with Crippen LogP contribution in [0.25, 0.3) is 17.3 Å². The number of ether oxygens (including phenoxy) is 5. The molecule has 0 aliphatic carbocycles. The van der Waals surface area contributed by atoms with E-state index < -0.39 is 101 Å². The average Bonchev–Trinajstić information content (AvgIpc) is 3.53. The van der Waals surface area contributed by atoms with Crippen LogP contribution in [0.1, 0.15) is 80.2 Å². The Morgan fingerprint density at radius 1 is 1.10 bits per heavy atom. The van der Waals surface area contributed by atoms with Crippen molar-refractivity contribution in [2.24, 2.45) is 17.8 Å². The molecule has 5 heterocycles. The zero-order valence-electron chi connectivity index (χ0n) is 36.5. The molecule has 0 bridgehead atoms. The van der Waals surface area contributed by atoms with Gasteiger partial charge in [-0.1, -0.05) is 45.9 Å². The van der Waals surface area contributed by atoms with Gasteiger partial charge >= 0.3 is 18.2 Å². The number of fused-ring (bicyclic) bond motifs is 1. The second kappa shape index (κ2) is 19.1. The molecule has 0 radical (unpaired) electrons. The molecule has 3 saturated heterocycles. The summed E-state index contributed by atoms with van der Waals surface area (Å²) in [5.41, 5.74) is -4.61. The first-order valence-electron chi connectivity index (χ1n) is 20.8. The minimum absolute atomic E-state index is 0.0340. The Kier molecular flexibility index (Phi) is 14.7. The SMILES string of the molecule is CC[C@H]1OC(=O)[C@@](C)(F)C(=O)[C@H](C)[C@@H](O[C@@H]2O[C@H](C)C[C@H](N(C)C)[C@H]2O)[C@](C)(OC(=O)NC/C=C/c2cncc(-c3ccccn3)c2)C[C@@H](C)C(=O)[C@H](C)[C@H]2NC(=O)O[C@@]21C. The number of ketones is 2. The lowest BCUT2D eigenvalue weighted by molar-refractivity contribution is -0.292. The van der Waals surface area contributed by atoms with Gasteiger partial charge in [-0.3, -0.25) is 19.6 Å². The Bertz CT molecular complexity index is 1950. The molecule has 0 aromatic carbocycles. The molecule has 5 rings (SSSR count). The molecule has 2 aromatic heterocycles. The van der Waals surface area contributed by atoms with E-state index in [4.69, 9.17) is 23.7 Å². The van der Waals surface area contributed by atoms with E-state index in [-0.39, 0.29) is 25.2 Å². The minimum atomic E-state index is -3.30. The molecule has 0 unspecified atom stereocenters. The topological polar surface area (TPSA) is 205 Å². The highest BCUT2D eigenvalue weighted by Crippen LogP contribution is 2.41. The van der Waals surface area contributed by atoms with E-state index in [1.165, 1.54) is 20.8 Å². The first kappa shape index (κ1) is 47.2. The molecule has 3 aliphatic rings. The fourth-order valence-corrected chi connectivity index (χ4v) is 8.90. The van der Waals surface area contributed by atoms with Crippen LogP contribution < -0.4 is 10.6 Å². The summed E-state index contributed by atoms with van der Waals surface area (Å²) in [6.45, 7) is 11.6. The molecule has 17 heteroatoms. The van der Waals surface area contributed by atoms with Crippen LogP contribution in [0.5, 0.6) is 0 Å². The van der Waals surface area contributed by atoms with Crippen LogP contribution in [0.4, 0.5) is 14.0 Å². The van der Waals surface area contributed by atoms with Crippen molar-refractivity contribution in [3.8, 4) is 11.3 Å². The zero-order valence-corrected chi connectivity index (χ0v) is 36.5. The molecule has 61 heavy (non-hydrogen) atoms. The summed E-state index contributed by atoms with van der Waals surface area (Å²) < 4.78 is 47.0. The number of carbonyl (C=O) groups excluding carboxylic acids is 5. The van der Waals surface area contributed by atoms with Gasteiger partial charge in [-0.15, -0.1) is 0 Å². The van der Waals surface area contributed by atoms with Gasteiger partial charge in [-0.05, 0) is 84.8 Å². The Balaban J connectivity index is 1.52. The van der Waals surface area contributed by atoms with Gasteiger partial charge in [0.25, 0.3) is 5.67 Å². The number of pyridine rings is 2. The third-order valence-corrected chi connectivity index (χ3v) is 12.2. The highest BCUT2D eigenvalue weighted by atomic mass is 19.1. The lowest BCUT2D eigenvalue weighted by atomic mass is 9.73. The van der Waals surface area contributed by atoms with Crippen LogP contribution in [-0.2, 0) is 38.1 Å². The number of Topliss-reactive ketones (excluding diaryl/α,β-unsaturated/α-hetero) is 2. The van der Waals surface area contributed by atoms with Crippen molar-refractivity contribution >= 4 is 35.8 Å². The van der Waals surface area contributed by atoms with Crippen LogP contribution in [0.15, 0.2) is 48.9 Å². The van der Waals surface area contributed by atoms with E-state index in [0.29, 0.717) is 6.42 Å². The maximum atomic E-state index is 16.9. The van der Waals surface area contributed by atoms with Crippen LogP contribution in [0, 0.1) is 17.8 Å². The van der Waals surface area contributed by atoms with Crippen molar-refractivity contribution in [1.29, 1.82) is 0 Å². The van der Waals surface area contributed by atoms with Gasteiger partial charge in [0.05, 0.1) is 17.8 Å². The first-order chi connectivity index (χ1) is 28.6. The van der Waals surface area contributed by atoms with Crippen LogP contribution in [-0.4, -0.2) is 130 Å². The predicted molar refractivity (Wildman–Crippen MR) is 220 cm³/mol. The normalized spacial score (nSPS) is 36.4. The van der Waals surface area contributed by atoms with E-state index in [9.17, 15) is 29.1 Å². The van der Waals surface area contributed by atoms with Crippen LogP contribution >= 0.6 is 0 Å². The van der Waals surface area contributed by atoms with Gasteiger partial charge in [0.15, 0.2) is 17.7 Å². The molecule has 13 atom stereocenters. The van der Waals surface area contributed by atoms with Gasteiger partial charge in [0.2, 0.25) is 0 Å². The maximum Gasteiger partial charge on any atom is 0.408 e. The predicted octanol–water partition coefficient (Wildman–Crippen LogP) is 4.82. The minimum Gasteiger partial charge on any atom is -0.455 e. The smallest absolute Gasteiger partial charge is 0.408 e. The van der Waals surface area contributed by atoms with Crippen molar-refractivity contribution in [2.45, 2.75) is 134 Å². The number of alkyl halides is 1.